The Morgan fingerprint density at radius 3 is 2.81 bits per heavy atom. The highest BCUT2D eigenvalue weighted by molar-refractivity contribution is 5.36. The van der Waals surface area contributed by atoms with Gasteiger partial charge in [0.05, 0.1) is 6.10 Å². The van der Waals surface area contributed by atoms with Crippen molar-refractivity contribution in [3.05, 3.63) is 17.6 Å². The van der Waals surface area contributed by atoms with Crippen molar-refractivity contribution in [2.75, 3.05) is 11.9 Å². The second-order valence-corrected chi connectivity index (χ2v) is 4.52. The molecule has 0 spiro atoms. The second-order valence-electron chi connectivity index (χ2n) is 4.52. The summed E-state index contributed by atoms with van der Waals surface area (Å²) in [5, 5.41) is 12.5. The molecule has 0 aromatic carbocycles. The Kier molecular flexibility index (Phi) is 3.39. The van der Waals surface area contributed by atoms with E-state index in [-0.39, 0.29) is 6.10 Å². The molecular formula is C12H19N3O. The minimum atomic E-state index is -0.0786. The fourth-order valence-electron chi connectivity index (χ4n) is 2.02. The van der Waals surface area contributed by atoms with Crippen LogP contribution in [0.2, 0.25) is 0 Å². The summed E-state index contributed by atoms with van der Waals surface area (Å²) >= 11 is 0. The van der Waals surface area contributed by atoms with E-state index in [1.807, 2.05) is 13.0 Å². The van der Waals surface area contributed by atoms with Gasteiger partial charge in [-0.2, -0.15) is 0 Å². The molecule has 1 fully saturated rings. The second kappa shape index (κ2) is 4.78. The molecule has 0 aliphatic heterocycles. The Hall–Kier alpha value is -1.16. The number of aromatic nitrogens is 2. The Balaban J connectivity index is 1.90. The van der Waals surface area contributed by atoms with Gasteiger partial charge in [-0.05, 0) is 32.1 Å². The Morgan fingerprint density at radius 2 is 2.19 bits per heavy atom. The van der Waals surface area contributed by atoms with Crippen molar-refractivity contribution in [1.29, 1.82) is 0 Å². The van der Waals surface area contributed by atoms with Crippen molar-refractivity contribution in [3.8, 4) is 0 Å². The molecule has 1 heterocycles. The number of anilines is 1. The minimum absolute atomic E-state index is 0.0786. The van der Waals surface area contributed by atoms with Crippen molar-refractivity contribution in [2.45, 2.75) is 39.2 Å². The van der Waals surface area contributed by atoms with Crippen LogP contribution in [0.5, 0.6) is 0 Å². The summed E-state index contributed by atoms with van der Waals surface area (Å²) in [4.78, 5) is 8.68. The van der Waals surface area contributed by atoms with Crippen molar-refractivity contribution < 1.29 is 5.11 Å². The topological polar surface area (TPSA) is 58.0 Å². The van der Waals surface area contributed by atoms with Crippen molar-refractivity contribution in [1.82, 2.24) is 9.97 Å². The molecule has 0 unspecified atom stereocenters. The molecule has 2 N–H and O–H groups in total. The van der Waals surface area contributed by atoms with Gasteiger partial charge in [0.1, 0.15) is 11.6 Å². The van der Waals surface area contributed by atoms with Gasteiger partial charge in [-0.1, -0.05) is 6.92 Å². The van der Waals surface area contributed by atoms with E-state index < -0.39 is 0 Å². The van der Waals surface area contributed by atoms with E-state index in [9.17, 15) is 5.11 Å². The fourth-order valence-corrected chi connectivity index (χ4v) is 2.02. The lowest BCUT2D eigenvalue weighted by Crippen LogP contribution is -2.33. The van der Waals surface area contributed by atoms with Gasteiger partial charge in [0.15, 0.2) is 0 Å². The van der Waals surface area contributed by atoms with Crippen molar-refractivity contribution >= 4 is 5.82 Å². The molecule has 1 aliphatic rings. The number of aryl methyl sites for hydroxylation is 2. The van der Waals surface area contributed by atoms with Gasteiger partial charge in [0.25, 0.3) is 0 Å². The molecule has 0 bridgehead atoms. The summed E-state index contributed by atoms with van der Waals surface area (Å²) in [6, 6.07) is 2.00. The molecule has 88 valence electrons. The largest absolute Gasteiger partial charge is 0.393 e. The van der Waals surface area contributed by atoms with Crippen LogP contribution in [0.3, 0.4) is 0 Å². The summed E-state index contributed by atoms with van der Waals surface area (Å²) in [5.41, 5.74) is 1.07. The molecule has 1 saturated carbocycles. The van der Waals surface area contributed by atoms with E-state index in [0.29, 0.717) is 5.92 Å². The maximum absolute atomic E-state index is 9.19. The van der Waals surface area contributed by atoms with Crippen LogP contribution in [-0.4, -0.2) is 27.7 Å². The van der Waals surface area contributed by atoms with Gasteiger partial charge in [-0.3, -0.25) is 0 Å². The monoisotopic (exact) mass is 221 g/mol. The van der Waals surface area contributed by atoms with E-state index in [0.717, 1.165) is 43.1 Å². The van der Waals surface area contributed by atoms with E-state index in [4.69, 9.17) is 0 Å². The van der Waals surface area contributed by atoms with Crippen LogP contribution < -0.4 is 5.32 Å². The smallest absolute Gasteiger partial charge is 0.129 e. The fraction of sp³-hybridized carbons (Fsp3) is 0.667. The zero-order valence-electron chi connectivity index (χ0n) is 9.90. The molecule has 1 aromatic rings. The van der Waals surface area contributed by atoms with Crippen LogP contribution in [0.25, 0.3) is 0 Å². The third-order valence-electron chi connectivity index (χ3n) is 3.04. The number of aliphatic hydroxyl groups excluding tert-OH is 1. The average molecular weight is 221 g/mol. The Labute approximate surface area is 96.1 Å². The van der Waals surface area contributed by atoms with Crippen molar-refractivity contribution in [2.24, 2.45) is 5.92 Å². The molecule has 4 nitrogen and oxygen atoms in total. The van der Waals surface area contributed by atoms with Gasteiger partial charge < -0.3 is 10.4 Å². The zero-order valence-corrected chi connectivity index (χ0v) is 9.90. The molecule has 0 atom stereocenters. The molecule has 0 amide bonds. The van der Waals surface area contributed by atoms with E-state index in [1.165, 1.54) is 0 Å². The summed E-state index contributed by atoms with van der Waals surface area (Å²) in [6.07, 6.45) is 2.68. The summed E-state index contributed by atoms with van der Waals surface area (Å²) in [5.74, 6) is 2.32. The molecule has 2 rings (SSSR count). The third kappa shape index (κ3) is 2.70. The lowest BCUT2D eigenvalue weighted by molar-refractivity contribution is 0.0486. The molecule has 1 aromatic heterocycles. The molecule has 0 saturated heterocycles. The lowest BCUT2D eigenvalue weighted by atomic mass is 9.82. The number of hydrogen-bond acceptors (Lipinski definition) is 4. The van der Waals surface area contributed by atoms with Gasteiger partial charge in [0, 0.05) is 18.3 Å². The maximum atomic E-state index is 9.19. The van der Waals surface area contributed by atoms with E-state index in [2.05, 4.69) is 22.2 Å². The van der Waals surface area contributed by atoms with Crippen LogP contribution in [-0.2, 0) is 6.42 Å². The molecular weight excluding hydrogens is 202 g/mol. The predicted molar refractivity (Wildman–Crippen MR) is 63.4 cm³/mol. The normalized spacial score (nSPS) is 23.9. The van der Waals surface area contributed by atoms with Gasteiger partial charge >= 0.3 is 0 Å². The summed E-state index contributed by atoms with van der Waals surface area (Å²) < 4.78 is 0. The predicted octanol–water partition coefficient (Wildman–Crippen LogP) is 1.53. The number of nitrogens with zero attached hydrogens (tertiary/aromatic N) is 2. The van der Waals surface area contributed by atoms with Gasteiger partial charge in [-0.25, -0.2) is 9.97 Å². The highest BCUT2D eigenvalue weighted by Gasteiger charge is 2.26. The molecule has 4 heteroatoms. The van der Waals surface area contributed by atoms with Crippen LogP contribution >= 0.6 is 0 Å². The first kappa shape index (κ1) is 11.3. The third-order valence-corrected chi connectivity index (χ3v) is 3.04. The van der Waals surface area contributed by atoms with Crippen molar-refractivity contribution in [3.63, 3.8) is 0 Å². The standard InChI is InChI=1S/C12H19N3O/c1-3-10-6-12(15-8(2)14-10)13-7-9-4-11(16)5-9/h6,9,11,16H,3-5,7H2,1-2H3,(H,13,14,15). The first-order chi connectivity index (χ1) is 7.67. The maximum Gasteiger partial charge on any atom is 0.129 e. The van der Waals surface area contributed by atoms with Crippen LogP contribution in [0.1, 0.15) is 31.3 Å². The highest BCUT2D eigenvalue weighted by Crippen LogP contribution is 2.27. The van der Waals surface area contributed by atoms with Crippen LogP contribution in [0.4, 0.5) is 5.82 Å². The first-order valence-electron chi connectivity index (χ1n) is 5.94. The number of aliphatic hydroxyl groups is 1. The highest BCUT2D eigenvalue weighted by atomic mass is 16.3. The summed E-state index contributed by atoms with van der Waals surface area (Å²) in [7, 11) is 0. The van der Waals surface area contributed by atoms with Gasteiger partial charge in [-0.15, -0.1) is 0 Å². The van der Waals surface area contributed by atoms with Gasteiger partial charge in [0.2, 0.25) is 0 Å². The van der Waals surface area contributed by atoms with E-state index in [1.54, 1.807) is 0 Å². The SMILES string of the molecule is CCc1cc(NCC2CC(O)C2)nc(C)n1. The first-order valence-corrected chi connectivity index (χ1v) is 5.94. The minimum Gasteiger partial charge on any atom is -0.393 e. The number of nitrogens with one attached hydrogen (secondary N) is 1. The molecule has 0 radical (unpaired) electrons. The number of hydrogen-bond donors (Lipinski definition) is 2. The molecule has 16 heavy (non-hydrogen) atoms. The van der Waals surface area contributed by atoms with Crippen LogP contribution in [0, 0.1) is 12.8 Å². The molecule has 1 aliphatic carbocycles. The number of rotatable bonds is 4. The Bertz CT molecular complexity index is 361. The quantitative estimate of drug-likeness (QED) is 0.809. The van der Waals surface area contributed by atoms with Crippen LogP contribution in [0.15, 0.2) is 6.07 Å². The summed E-state index contributed by atoms with van der Waals surface area (Å²) in [6.45, 7) is 4.90. The van der Waals surface area contributed by atoms with E-state index >= 15 is 0 Å². The zero-order chi connectivity index (χ0) is 11.5. The average Bonchev–Trinajstić information content (AvgIpc) is 2.22. The lowest BCUT2D eigenvalue weighted by Gasteiger charge is -2.31. The Morgan fingerprint density at radius 1 is 1.44 bits per heavy atom.